The minimum Gasteiger partial charge on any atom is -0.465 e. The smallest absolute Gasteiger partial charge is 0.340 e. The number of ether oxygens (including phenoxy) is 1. The van der Waals surface area contributed by atoms with Gasteiger partial charge in [0.15, 0.2) is 5.11 Å². The van der Waals surface area contributed by atoms with Crippen LogP contribution in [0.4, 0.5) is 10.7 Å². The minimum atomic E-state index is -0.429. The Morgan fingerprint density at radius 3 is 2.57 bits per heavy atom. The molecule has 0 spiro atoms. The molecule has 1 aromatic heterocycles. The molecule has 2 N–H and O–H groups in total. The number of rotatable bonds is 5. The summed E-state index contributed by atoms with van der Waals surface area (Å²) in [5, 5.41) is 7.98. The lowest BCUT2D eigenvalue weighted by atomic mass is 10.1. The molecule has 3 aromatic rings. The van der Waals surface area contributed by atoms with Gasteiger partial charge in [-0.3, -0.25) is 0 Å². The second-order valence-electron chi connectivity index (χ2n) is 5.81. The number of nitrogens with one attached hydrogen (secondary N) is 2. The van der Waals surface area contributed by atoms with Crippen molar-refractivity contribution in [2.75, 3.05) is 17.7 Å². The van der Waals surface area contributed by atoms with E-state index in [-0.39, 0.29) is 0 Å². The van der Waals surface area contributed by atoms with Crippen molar-refractivity contribution in [2.24, 2.45) is 0 Å². The van der Waals surface area contributed by atoms with Gasteiger partial charge in [0, 0.05) is 16.3 Å². The molecule has 4 nitrogen and oxygen atoms in total. The number of hydrogen-bond donors (Lipinski definition) is 2. The van der Waals surface area contributed by atoms with Crippen LogP contribution in [0, 0.1) is 0 Å². The first-order chi connectivity index (χ1) is 13.5. The van der Waals surface area contributed by atoms with Crippen molar-refractivity contribution in [1.82, 2.24) is 0 Å². The predicted octanol–water partition coefficient (Wildman–Crippen LogP) is 6.24. The third-order valence-corrected chi connectivity index (χ3v) is 5.63. The molecule has 0 aliphatic heterocycles. The highest BCUT2D eigenvalue weighted by Gasteiger charge is 2.18. The molecule has 0 fully saturated rings. The van der Waals surface area contributed by atoms with Crippen LogP contribution < -0.4 is 10.6 Å². The number of halogens is 2. The summed E-state index contributed by atoms with van der Waals surface area (Å²) < 4.78 is 4.90. The van der Waals surface area contributed by atoms with Gasteiger partial charge in [-0.25, -0.2) is 4.79 Å². The second kappa shape index (κ2) is 9.39. The Kier molecular flexibility index (Phi) is 6.91. The van der Waals surface area contributed by atoms with E-state index in [9.17, 15) is 4.79 Å². The largest absolute Gasteiger partial charge is 0.465 e. The fourth-order valence-electron chi connectivity index (χ4n) is 2.53. The number of thiocarbonyl (C=S) groups is 1. The molecule has 1 heterocycles. The topological polar surface area (TPSA) is 50.4 Å². The van der Waals surface area contributed by atoms with Gasteiger partial charge >= 0.3 is 5.97 Å². The lowest BCUT2D eigenvalue weighted by Gasteiger charge is -2.12. The van der Waals surface area contributed by atoms with Gasteiger partial charge in [0.2, 0.25) is 0 Å². The Morgan fingerprint density at radius 2 is 1.86 bits per heavy atom. The quantitative estimate of drug-likeness (QED) is 0.355. The van der Waals surface area contributed by atoms with Crippen LogP contribution in [-0.2, 0) is 11.2 Å². The van der Waals surface area contributed by atoms with E-state index in [1.54, 1.807) is 18.2 Å². The molecule has 0 aliphatic carbocycles. The Bertz CT molecular complexity index is 1010. The fourth-order valence-corrected chi connectivity index (χ4v) is 4.23. The lowest BCUT2D eigenvalue weighted by molar-refractivity contribution is 0.0602. The lowest BCUT2D eigenvalue weighted by Crippen LogP contribution is -2.20. The average Bonchev–Trinajstić information content (AvgIpc) is 3.06. The van der Waals surface area contributed by atoms with E-state index in [0.29, 0.717) is 37.8 Å². The predicted molar refractivity (Wildman–Crippen MR) is 121 cm³/mol. The van der Waals surface area contributed by atoms with Crippen LogP contribution in [0.3, 0.4) is 0 Å². The number of esters is 1. The molecule has 144 valence electrons. The Balaban J connectivity index is 1.80. The van der Waals surface area contributed by atoms with Crippen LogP contribution in [0.1, 0.15) is 20.8 Å². The van der Waals surface area contributed by atoms with Gasteiger partial charge in [0.1, 0.15) is 5.00 Å². The van der Waals surface area contributed by atoms with Crippen molar-refractivity contribution < 1.29 is 9.53 Å². The van der Waals surface area contributed by atoms with Crippen molar-refractivity contribution in [3.05, 3.63) is 80.6 Å². The zero-order valence-corrected chi connectivity index (χ0v) is 17.9. The van der Waals surface area contributed by atoms with Crippen LogP contribution in [0.25, 0.3) is 0 Å². The molecule has 0 bridgehead atoms. The molecule has 0 atom stereocenters. The monoisotopic (exact) mass is 450 g/mol. The van der Waals surface area contributed by atoms with Crippen LogP contribution in [0.5, 0.6) is 0 Å². The number of methoxy groups -OCH3 is 1. The summed E-state index contributed by atoms with van der Waals surface area (Å²) in [7, 11) is 1.35. The van der Waals surface area contributed by atoms with Gasteiger partial charge in [0.25, 0.3) is 0 Å². The van der Waals surface area contributed by atoms with Gasteiger partial charge in [-0.1, -0.05) is 53.5 Å². The summed E-state index contributed by atoms with van der Waals surface area (Å²) in [6.45, 7) is 0. The van der Waals surface area contributed by atoms with Crippen molar-refractivity contribution in [3.8, 4) is 0 Å². The first kappa shape index (κ1) is 20.6. The molecule has 0 saturated heterocycles. The number of hydrogen-bond acceptors (Lipinski definition) is 4. The molecule has 0 unspecified atom stereocenters. The third kappa shape index (κ3) is 5.23. The highest BCUT2D eigenvalue weighted by atomic mass is 35.5. The third-order valence-electron chi connectivity index (χ3n) is 3.81. The summed E-state index contributed by atoms with van der Waals surface area (Å²) in [6.07, 6.45) is 0.706. The summed E-state index contributed by atoms with van der Waals surface area (Å²) in [5.41, 5.74) is 2.16. The normalized spacial score (nSPS) is 10.4. The number of carbonyl (C=O) groups is 1. The number of thiophene rings is 1. The summed E-state index contributed by atoms with van der Waals surface area (Å²) in [6, 6.07) is 16.9. The molecule has 0 radical (unpaired) electrons. The van der Waals surface area contributed by atoms with Crippen molar-refractivity contribution >= 4 is 68.5 Å². The SMILES string of the molecule is COC(=O)c1cc(Cc2ccccc2)sc1NC(=S)Nc1cc(Cl)ccc1Cl. The van der Waals surface area contributed by atoms with Crippen molar-refractivity contribution in [2.45, 2.75) is 6.42 Å². The standard InChI is InChI=1S/C20H16Cl2N2O2S2/c1-26-19(25)15-11-14(9-12-5-3-2-4-6-12)28-18(15)24-20(27)23-17-10-13(21)7-8-16(17)22/h2-8,10-11H,9H2,1H3,(H2,23,24,27). The maximum atomic E-state index is 12.2. The maximum Gasteiger partial charge on any atom is 0.340 e. The number of carbonyl (C=O) groups excluding carboxylic acids is 1. The van der Waals surface area contributed by atoms with E-state index in [0.717, 1.165) is 10.4 Å². The molecule has 0 amide bonds. The van der Waals surface area contributed by atoms with E-state index in [4.69, 9.17) is 40.2 Å². The Morgan fingerprint density at radius 1 is 1.11 bits per heavy atom. The average molecular weight is 451 g/mol. The Labute approximate surface area is 182 Å². The fraction of sp³-hybridized carbons (Fsp3) is 0.100. The van der Waals surface area contributed by atoms with E-state index in [1.165, 1.54) is 18.4 Å². The van der Waals surface area contributed by atoms with Gasteiger partial charge in [-0.15, -0.1) is 11.3 Å². The highest BCUT2D eigenvalue weighted by Crippen LogP contribution is 2.31. The Hall–Kier alpha value is -2.12. The van der Waals surface area contributed by atoms with Crippen molar-refractivity contribution in [3.63, 3.8) is 0 Å². The molecule has 8 heteroatoms. The molecule has 2 aromatic carbocycles. The zero-order valence-electron chi connectivity index (χ0n) is 14.8. The molecular formula is C20H16Cl2N2O2S2. The zero-order chi connectivity index (χ0) is 20.1. The van der Waals surface area contributed by atoms with E-state index in [1.807, 2.05) is 36.4 Å². The van der Waals surface area contributed by atoms with E-state index in [2.05, 4.69) is 10.6 Å². The maximum absolute atomic E-state index is 12.2. The van der Waals surface area contributed by atoms with Crippen molar-refractivity contribution in [1.29, 1.82) is 0 Å². The van der Waals surface area contributed by atoms with Crippen LogP contribution in [-0.4, -0.2) is 18.2 Å². The van der Waals surface area contributed by atoms with Crippen LogP contribution in [0.15, 0.2) is 54.6 Å². The molecular weight excluding hydrogens is 435 g/mol. The summed E-state index contributed by atoms with van der Waals surface area (Å²) >= 11 is 19.0. The van der Waals surface area contributed by atoms with Gasteiger partial charge in [-0.05, 0) is 42.0 Å². The first-order valence-electron chi connectivity index (χ1n) is 8.24. The molecule has 28 heavy (non-hydrogen) atoms. The summed E-state index contributed by atoms with van der Waals surface area (Å²) in [5.74, 6) is -0.429. The molecule has 3 rings (SSSR count). The minimum absolute atomic E-state index is 0.294. The summed E-state index contributed by atoms with van der Waals surface area (Å²) in [4.78, 5) is 13.2. The van der Waals surface area contributed by atoms with E-state index < -0.39 is 5.97 Å². The van der Waals surface area contributed by atoms with Gasteiger partial charge in [-0.2, -0.15) is 0 Å². The second-order valence-corrected chi connectivity index (χ2v) is 8.20. The highest BCUT2D eigenvalue weighted by molar-refractivity contribution is 7.80. The number of anilines is 2. The van der Waals surface area contributed by atoms with E-state index >= 15 is 0 Å². The van der Waals surface area contributed by atoms with Crippen LogP contribution in [0.2, 0.25) is 10.0 Å². The van der Waals surface area contributed by atoms with Gasteiger partial charge < -0.3 is 15.4 Å². The number of benzene rings is 2. The molecule has 0 saturated carbocycles. The molecule has 0 aliphatic rings. The first-order valence-corrected chi connectivity index (χ1v) is 10.2. The van der Waals surface area contributed by atoms with Crippen LogP contribution >= 0.6 is 46.8 Å². The van der Waals surface area contributed by atoms with Gasteiger partial charge in [0.05, 0.1) is 23.4 Å².